The number of ether oxygens (including phenoxy) is 3. The van der Waals surface area contributed by atoms with E-state index >= 15 is 0 Å². The Kier molecular flexibility index (Phi) is 8.35. The van der Waals surface area contributed by atoms with Crippen LogP contribution in [0.2, 0.25) is 0 Å². The van der Waals surface area contributed by atoms with Gasteiger partial charge in [-0.3, -0.25) is 4.79 Å². The van der Waals surface area contributed by atoms with Gasteiger partial charge in [0.2, 0.25) is 11.7 Å². The average Bonchev–Trinajstić information content (AvgIpc) is 3.37. The van der Waals surface area contributed by atoms with Crippen LogP contribution in [0.15, 0.2) is 39.9 Å². The van der Waals surface area contributed by atoms with Crippen molar-refractivity contribution >= 4 is 27.3 Å². The van der Waals surface area contributed by atoms with Crippen molar-refractivity contribution in [3.05, 3.63) is 35.7 Å². The lowest BCUT2D eigenvalue weighted by molar-refractivity contribution is -0.126. The van der Waals surface area contributed by atoms with E-state index in [0.717, 1.165) is 0 Å². The molecule has 11 heteroatoms. The molecule has 0 bridgehead atoms. The smallest absolute Gasteiger partial charge is 0.252 e. The fourth-order valence-electron chi connectivity index (χ4n) is 3.46. The zero-order valence-electron chi connectivity index (χ0n) is 18.0. The van der Waals surface area contributed by atoms with E-state index < -0.39 is 16.1 Å². The summed E-state index contributed by atoms with van der Waals surface area (Å²) in [4.78, 5) is 12.5. The second kappa shape index (κ2) is 11.0. The van der Waals surface area contributed by atoms with E-state index in [0.29, 0.717) is 34.3 Å². The molecule has 2 aromatic rings. The highest BCUT2D eigenvalue weighted by Crippen LogP contribution is 2.36. The Labute approximate surface area is 192 Å². The molecule has 1 aromatic heterocycles. The number of thiophene rings is 1. The quantitative estimate of drug-likeness (QED) is 0.528. The summed E-state index contributed by atoms with van der Waals surface area (Å²) in [6, 6.07) is 8.49. The average molecular weight is 485 g/mol. The molecule has 1 atom stereocenters. The van der Waals surface area contributed by atoms with Gasteiger partial charge in [0.15, 0.2) is 11.5 Å². The Morgan fingerprint density at radius 2 is 1.84 bits per heavy atom. The van der Waals surface area contributed by atoms with Crippen LogP contribution >= 0.6 is 11.3 Å². The number of nitrogens with one attached hydrogen (secondary N) is 1. The van der Waals surface area contributed by atoms with E-state index in [2.05, 4.69) is 5.32 Å². The van der Waals surface area contributed by atoms with Crippen molar-refractivity contribution in [1.82, 2.24) is 9.62 Å². The van der Waals surface area contributed by atoms with Gasteiger partial charge in [-0.15, -0.1) is 11.3 Å². The maximum Gasteiger partial charge on any atom is 0.252 e. The van der Waals surface area contributed by atoms with Crippen LogP contribution in [-0.4, -0.2) is 70.3 Å². The van der Waals surface area contributed by atoms with Crippen molar-refractivity contribution in [3.63, 3.8) is 0 Å². The molecule has 176 valence electrons. The number of hydrogen-bond donors (Lipinski definition) is 2. The molecule has 2 heterocycles. The molecule has 0 saturated carbocycles. The number of piperidine rings is 1. The highest BCUT2D eigenvalue weighted by atomic mass is 32.2. The first-order chi connectivity index (χ1) is 15.4. The number of hydrogen-bond acceptors (Lipinski definition) is 8. The Morgan fingerprint density at radius 3 is 2.41 bits per heavy atom. The molecule has 1 aliphatic rings. The molecule has 1 aliphatic heterocycles. The summed E-state index contributed by atoms with van der Waals surface area (Å²) >= 11 is 1.19. The van der Waals surface area contributed by atoms with Gasteiger partial charge < -0.3 is 24.6 Å². The van der Waals surface area contributed by atoms with E-state index in [1.807, 2.05) is 0 Å². The van der Waals surface area contributed by atoms with E-state index in [4.69, 9.17) is 14.2 Å². The second-order valence-corrected chi connectivity index (χ2v) is 10.4. The topological polar surface area (TPSA) is 114 Å². The molecule has 1 amide bonds. The summed E-state index contributed by atoms with van der Waals surface area (Å²) < 4.78 is 43.1. The van der Waals surface area contributed by atoms with Crippen LogP contribution < -0.4 is 19.5 Å². The number of benzene rings is 1. The molecular formula is C21H28N2O7S2. The summed E-state index contributed by atoms with van der Waals surface area (Å²) in [6.07, 6.45) is -0.0732. The molecular weight excluding hydrogens is 456 g/mol. The fraction of sp³-hybridized carbons (Fsp3) is 0.476. The Bertz CT molecular complexity index is 965. The van der Waals surface area contributed by atoms with Gasteiger partial charge in [0.05, 0.1) is 14.2 Å². The van der Waals surface area contributed by atoms with E-state index in [1.54, 1.807) is 35.7 Å². The van der Waals surface area contributed by atoms with E-state index in [1.165, 1.54) is 29.9 Å². The predicted molar refractivity (Wildman–Crippen MR) is 120 cm³/mol. The van der Waals surface area contributed by atoms with Crippen molar-refractivity contribution in [1.29, 1.82) is 0 Å². The first-order valence-corrected chi connectivity index (χ1v) is 12.5. The number of methoxy groups -OCH3 is 2. The van der Waals surface area contributed by atoms with Crippen molar-refractivity contribution in [2.24, 2.45) is 5.92 Å². The van der Waals surface area contributed by atoms with Gasteiger partial charge in [-0.2, -0.15) is 4.31 Å². The fourth-order valence-corrected chi connectivity index (χ4v) is 6.07. The van der Waals surface area contributed by atoms with Gasteiger partial charge in [0.25, 0.3) is 10.0 Å². The number of rotatable bonds is 10. The minimum atomic E-state index is -3.50. The lowest BCUT2D eigenvalue weighted by Gasteiger charge is -2.30. The molecule has 1 unspecified atom stereocenters. The monoisotopic (exact) mass is 484 g/mol. The minimum absolute atomic E-state index is 0.0179. The molecule has 0 spiro atoms. The molecule has 32 heavy (non-hydrogen) atoms. The number of carbonyl (C=O) groups excluding carboxylic acids is 1. The molecule has 1 saturated heterocycles. The third-order valence-electron chi connectivity index (χ3n) is 5.23. The molecule has 2 N–H and O–H groups in total. The van der Waals surface area contributed by atoms with E-state index in [9.17, 15) is 18.3 Å². The molecule has 1 fully saturated rings. The van der Waals surface area contributed by atoms with Crippen molar-refractivity contribution < 1.29 is 32.5 Å². The number of para-hydroxylation sites is 1. The van der Waals surface area contributed by atoms with Crippen LogP contribution in [0.5, 0.6) is 17.2 Å². The second-order valence-electron chi connectivity index (χ2n) is 7.31. The van der Waals surface area contributed by atoms with Gasteiger partial charge in [-0.25, -0.2) is 8.42 Å². The van der Waals surface area contributed by atoms with Crippen LogP contribution in [-0.2, 0) is 14.8 Å². The molecule has 9 nitrogen and oxygen atoms in total. The summed E-state index contributed by atoms with van der Waals surface area (Å²) in [5.41, 5.74) is 0. The largest absolute Gasteiger partial charge is 0.493 e. The minimum Gasteiger partial charge on any atom is -0.493 e. The molecule has 1 aromatic carbocycles. The number of carbonyl (C=O) groups is 1. The van der Waals surface area contributed by atoms with Gasteiger partial charge in [0.1, 0.15) is 16.9 Å². The summed E-state index contributed by atoms with van der Waals surface area (Å²) in [5, 5.41) is 14.7. The van der Waals surface area contributed by atoms with Gasteiger partial charge >= 0.3 is 0 Å². The van der Waals surface area contributed by atoms with Gasteiger partial charge in [-0.05, 0) is 36.4 Å². The van der Waals surface area contributed by atoms with Gasteiger partial charge in [-0.1, -0.05) is 12.1 Å². The van der Waals surface area contributed by atoms with Crippen LogP contribution in [0.25, 0.3) is 0 Å². The molecule has 0 radical (unpaired) electrons. The maximum absolute atomic E-state index is 12.6. The van der Waals surface area contributed by atoms with Crippen LogP contribution in [0, 0.1) is 5.92 Å². The van der Waals surface area contributed by atoms with Crippen LogP contribution in [0.1, 0.15) is 12.8 Å². The normalized spacial score (nSPS) is 16.3. The Hall–Kier alpha value is -2.34. The highest BCUT2D eigenvalue weighted by Gasteiger charge is 2.32. The SMILES string of the molecule is COc1cccc(OC)c1OCC(O)CNC(=O)C1CCN(S(=O)(=O)c2cccs2)CC1. The van der Waals surface area contributed by atoms with Crippen molar-refractivity contribution in [3.8, 4) is 17.2 Å². The zero-order chi connectivity index (χ0) is 23.1. The summed E-state index contributed by atoms with van der Waals surface area (Å²) in [7, 11) is -0.477. The molecule has 0 aliphatic carbocycles. The summed E-state index contributed by atoms with van der Waals surface area (Å²) in [6.45, 7) is 0.535. The van der Waals surface area contributed by atoms with Crippen LogP contribution in [0.4, 0.5) is 0 Å². The van der Waals surface area contributed by atoms with E-state index in [-0.39, 0.29) is 38.1 Å². The third-order valence-corrected chi connectivity index (χ3v) is 8.50. The van der Waals surface area contributed by atoms with Crippen LogP contribution in [0.3, 0.4) is 0 Å². The molecule has 3 rings (SSSR count). The number of amides is 1. The highest BCUT2D eigenvalue weighted by molar-refractivity contribution is 7.91. The first-order valence-electron chi connectivity index (χ1n) is 10.2. The summed E-state index contributed by atoms with van der Waals surface area (Å²) in [5.74, 6) is 0.830. The number of sulfonamides is 1. The van der Waals surface area contributed by atoms with Crippen molar-refractivity contribution in [2.75, 3.05) is 40.5 Å². The predicted octanol–water partition coefficient (Wildman–Crippen LogP) is 1.72. The zero-order valence-corrected chi connectivity index (χ0v) is 19.7. The third kappa shape index (κ3) is 5.71. The maximum atomic E-state index is 12.6. The number of aliphatic hydroxyl groups excluding tert-OH is 1. The Morgan fingerprint density at radius 1 is 1.19 bits per heavy atom. The number of aliphatic hydroxyl groups is 1. The number of nitrogens with zero attached hydrogens (tertiary/aromatic N) is 1. The Balaban J connectivity index is 1.45. The lowest BCUT2D eigenvalue weighted by atomic mass is 9.97. The van der Waals surface area contributed by atoms with Crippen molar-refractivity contribution in [2.45, 2.75) is 23.2 Å². The lowest BCUT2D eigenvalue weighted by Crippen LogP contribution is -2.44. The standard InChI is InChI=1S/C21H28N2O7S2/c1-28-17-5-3-6-18(29-2)20(17)30-14-16(24)13-22-21(25)15-8-10-23(11-9-15)32(26,27)19-7-4-12-31-19/h3-7,12,15-16,24H,8-11,13-14H2,1-2H3,(H,22,25). The van der Waals surface area contributed by atoms with Gasteiger partial charge in [0, 0.05) is 25.6 Å². The first kappa shape index (κ1) is 24.3.